The van der Waals surface area contributed by atoms with Gasteiger partial charge in [-0.05, 0) is 126 Å². The van der Waals surface area contributed by atoms with E-state index in [1.807, 2.05) is 44.6 Å². The Morgan fingerprint density at radius 2 is 1.44 bits per heavy atom. The van der Waals surface area contributed by atoms with E-state index in [-0.39, 0.29) is 11.5 Å². The van der Waals surface area contributed by atoms with Crippen molar-refractivity contribution in [1.29, 1.82) is 0 Å². The van der Waals surface area contributed by atoms with Gasteiger partial charge in [0.1, 0.15) is 0 Å². The number of hydrogen-bond acceptors (Lipinski definition) is 6. The normalized spacial score (nSPS) is 15.3. The number of aryl methyl sites for hydroxylation is 1. The Morgan fingerprint density at radius 3 is 2.09 bits per heavy atom. The molecule has 2 aromatic carbocycles. The van der Waals surface area contributed by atoms with E-state index in [1.165, 1.54) is 43.5 Å². The Kier molecular flexibility index (Phi) is 11.1. The molecule has 10 nitrogen and oxygen atoms in total. The summed E-state index contributed by atoms with van der Waals surface area (Å²) in [4.78, 5) is 11.1. The number of H-pyrrole nitrogens is 2. The summed E-state index contributed by atoms with van der Waals surface area (Å²) in [5, 5.41) is 2.36. The van der Waals surface area contributed by atoms with Gasteiger partial charge in [-0.2, -0.15) is 0 Å². The van der Waals surface area contributed by atoms with Gasteiger partial charge in [-0.3, -0.25) is 0 Å². The molecule has 2 aromatic heterocycles. The largest absolute Gasteiger partial charge is 0.361 e. The molecular formula is C31H46N6O4S2. The molecule has 0 amide bonds. The van der Waals surface area contributed by atoms with E-state index >= 15 is 0 Å². The van der Waals surface area contributed by atoms with Crippen molar-refractivity contribution in [3.8, 4) is 0 Å². The molecule has 0 unspecified atom stereocenters. The maximum Gasteiger partial charge on any atom is 0.215 e. The van der Waals surface area contributed by atoms with E-state index < -0.39 is 20.0 Å². The van der Waals surface area contributed by atoms with E-state index in [4.69, 9.17) is 0 Å². The molecular weight excluding hydrogens is 585 g/mol. The SMILES string of the molecule is CNS(=O)(=O)CCc1ccc2[nH]cc(C3CCN(C)CC3)c2c1.CNS(=O)(=O)Cc1ccc2[nH]cc(CCN(C)C)c2c1. The van der Waals surface area contributed by atoms with Crippen LogP contribution in [0.3, 0.4) is 0 Å². The number of likely N-dealkylation sites (tertiary alicyclic amines) is 1. The van der Waals surface area contributed by atoms with Gasteiger partial charge in [0, 0.05) is 40.7 Å². The first-order chi connectivity index (χ1) is 20.4. The van der Waals surface area contributed by atoms with Gasteiger partial charge in [0.15, 0.2) is 0 Å². The molecule has 0 aliphatic carbocycles. The van der Waals surface area contributed by atoms with Crippen LogP contribution in [0.5, 0.6) is 0 Å². The zero-order valence-electron chi connectivity index (χ0n) is 25.9. The summed E-state index contributed by atoms with van der Waals surface area (Å²) in [5.41, 5.74) is 6.66. The van der Waals surface area contributed by atoms with Gasteiger partial charge in [0.05, 0.1) is 11.5 Å². The van der Waals surface area contributed by atoms with Crippen molar-refractivity contribution in [1.82, 2.24) is 29.2 Å². The highest BCUT2D eigenvalue weighted by Crippen LogP contribution is 2.33. The molecule has 0 radical (unpaired) electrons. The fourth-order valence-corrected chi connectivity index (χ4v) is 6.99. The average molecular weight is 631 g/mol. The minimum Gasteiger partial charge on any atom is -0.361 e. The van der Waals surface area contributed by atoms with Crippen molar-refractivity contribution in [2.45, 2.75) is 37.4 Å². The van der Waals surface area contributed by atoms with Gasteiger partial charge in [-0.25, -0.2) is 26.3 Å². The first-order valence-corrected chi connectivity index (χ1v) is 18.0. The molecule has 1 saturated heterocycles. The number of sulfonamides is 2. The number of aromatic amines is 2. The van der Waals surface area contributed by atoms with Crippen LogP contribution in [0.1, 0.15) is 41.0 Å². The third-order valence-electron chi connectivity index (χ3n) is 8.23. The van der Waals surface area contributed by atoms with Gasteiger partial charge >= 0.3 is 0 Å². The summed E-state index contributed by atoms with van der Waals surface area (Å²) in [6.07, 6.45) is 7.98. The highest BCUT2D eigenvalue weighted by atomic mass is 32.2. The van der Waals surface area contributed by atoms with Crippen molar-refractivity contribution in [3.63, 3.8) is 0 Å². The molecule has 4 aromatic rings. The molecule has 3 heterocycles. The second-order valence-electron chi connectivity index (χ2n) is 11.7. The third-order valence-corrected chi connectivity index (χ3v) is 10.9. The molecule has 5 rings (SSSR count). The van der Waals surface area contributed by atoms with E-state index in [0.717, 1.165) is 53.6 Å². The zero-order chi connectivity index (χ0) is 31.2. The second kappa shape index (κ2) is 14.4. The summed E-state index contributed by atoms with van der Waals surface area (Å²) in [7, 11) is 2.76. The number of hydrogen-bond donors (Lipinski definition) is 4. The Balaban J connectivity index is 0.000000199. The second-order valence-corrected chi connectivity index (χ2v) is 15.7. The molecule has 1 aliphatic heterocycles. The van der Waals surface area contributed by atoms with Crippen molar-refractivity contribution < 1.29 is 16.8 Å². The standard InChI is InChI=1S/C17H25N3O2S.C14H21N3O2S/c1-18-23(21,22)10-7-13-3-4-17-15(11-13)16(12-19-17)14-5-8-20(2)9-6-14;1-15-20(18,19)10-11-4-5-14-13(8-11)12(9-16-14)6-7-17(2)3/h3-4,11-12,14,18-19H,5-10H2,1-2H3;4-5,8-9,15-16H,6-7,10H2,1-3H3. The Labute approximate surface area is 256 Å². The highest BCUT2D eigenvalue weighted by Gasteiger charge is 2.21. The van der Waals surface area contributed by atoms with Crippen molar-refractivity contribution in [3.05, 3.63) is 71.0 Å². The smallest absolute Gasteiger partial charge is 0.215 e. The monoisotopic (exact) mass is 630 g/mol. The van der Waals surface area contributed by atoms with Crippen molar-refractivity contribution >= 4 is 41.9 Å². The third kappa shape index (κ3) is 9.13. The Bertz CT molecular complexity index is 1720. The minimum absolute atomic E-state index is 0.0116. The number of rotatable bonds is 11. The lowest BCUT2D eigenvalue weighted by molar-refractivity contribution is 0.256. The van der Waals surface area contributed by atoms with Crippen LogP contribution in [0.25, 0.3) is 21.8 Å². The van der Waals surface area contributed by atoms with Crippen LogP contribution in [0.2, 0.25) is 0 Å². The van der Waals surface area contributed by atoms with Crippen molar-refractivity contribution in [2.24, 2.45) is 0 Å². The summed E-state index contributed by atoms with van der Waals surface area (Å²) in [6.45, 7) is 3.24. The molecule has 1 fully saturated rings. The number of piperidine rings is 1. The lowest BCUT2D eigenvalue weighted by atomic mass is 9.89. The number of benzene rings is 2. The molecule has 0 saturated carbocycles. The average Bonchev–Trinajstić information content (AvgIpc) is 3.59. The van der Waals surface area contributed by atoms with Gasteiger partial charge < -0.3 is 19.8 Å². The first-order valence-electron chi connectivity index (χ1n) is 14.7. The number of nitrogens with one attached hydrogen (secondary N) is 4. The quantitative estimate of drug-likeness (QED) is 0.201. The summed E-state index contributed by atoms with van der Waals surface area (Å²) in [5.74, 6) is 0.733. The molecule has 0 bridgehead atoms. The Hall–Kier alpha value is -2.74. The number of nitrogens with zero attached hydrogens (tertiary/aromatic N) is 2. The lowest BCUT2D eigenvalue weighted by Gasteiger charge is -2.28. The molecule has 0 spiro atoms. The predicted octanol–water partition coefficient (Wildman–Crippen LogP) is 3.39. The lowest BCUT2D eigenvalue weighted by Crippen LogP contribution is -2.29. The molecule has 12 heteroatoms. The van der Waals surface area contributed by atoms with E-state index in [1.54, 1.807) is 0 Å². The zero-order valence-corrected chi connectivity index (χ0v) is 27.5. The number of fused-ring (bicyclic) bond motifs is 2. The Morgan fingerprint density at radius 1 is 0.837 bits per heavy atom. The molecule has 0 atom stereocenters. The first kappa shape index (κ1) is 33.2. The fourth-order valence-electron chi connectivity index (χ4n) is 5.51. The number of aromatic nitrogens is 2. The fraction of sp³-hybridized carbons (Fsp3) is 0.484. The van der Waals surface area contributed by atoms with E-state index in [9.17, 15) is 16.8 Å². The maximum atomic E-state index is 11.6. The summed E-state index contributed by atoms with van der Waals surface area (Å²) in [6, 6.07) is 12.0. The summed E-state index contributed by atoms with van der Waals surface area (Å²) >= 11 is 0. The highest BCUT2D eigenvalue weighted by molar-refractivity contribution is 7.89. The molecule has 4 N–H and O–H groups in total. The molecule has 43 heavy (non-hydrogen) atoms. The predicted molar refractivity (Wildman–Crippen MR) is 177 cm³/mol. The maximum absolute atomic E-state index is 11.6. The van der Waals surface area contributed by atoms with Crippen LogP contribution in [0.15, 0.2) is 48.8 Å². The summed E-state index contributed by atoms with van der Waals surface area (Å²) < 4.78 is 51.2. The minimum atomic E-state index is -3.23. The van der Waals surface area contributed by atoms with Crippen LogP contribution in [0.4, 0.5) is 0 Å². The van der Waals surface area contributed by atoms with Gasteiger partial charge in [0.25, 0.3) is 0 Å². The van der Waals surface area contributed by atoms with Crippen LogP contribution in [-0.4, -0.2) is 97.2 Å². The molecule has 236 valence electrons. The van der Waals surface area contributed by atoms with Crippen LogP contribution in [0, 0.1) is 0 Å². The topological polar surface area (TPSA) is 130 Å². The van der Waals surface area contributed by atoms with Gasteiger partial charge in [-0.15, -0.1) is 0 Å². The number of likely N-dealkylation sites (N-methyl/N-ethyl adjacent to an activating group) is 1. The van der Waals surface area contributed by atoms with E-state index in [0.29, 0.717) is 12.3 Å². The van der Waals surface area contributed by atoms with Crippen LogP contribution < -0.4 is 9.44 Å². The van der Waals surface area contributed by atoms with Crippen LogP contribution >= 0.6 is 0 Å². The van der Waals surface area contributed by atoms with Crippen LogP contribution in [-0.2, 0) is 38.6 Å². The molecule has 1 aliphatic rings. The van der Waals surface area contributed by atoms with E-state index in [2.05, 4.69) is 54.6 Å². The van der Waals surface area contributed by atoms with Gasteiger partial charge in [-0.1, -0.05) is 12.1 Å². The van der Waals surface area contributed by atoms with Gasteiger partial charge in [0.2, 0.25) is 20.0 Å². The van der Waals surface area contributed by atoms with Crippen molar-refractivity contribution in [2.75, 3.05) is 60.6 Å².